The van der Waals surface area contributed by atoms with Gasteiger partial charge in [-0.1, -0.05) is 0 Å². The van der Waals surface area contributed by atoms with Gasteiger partial charge in [-0.05, 0) is 32.5 Å². The normalized spacial score (nSPS) is 18.0. The average Bonchev–Trinajstić information content (AvgIpc) is 3.04. The van der Waals surface area contributed by atoms with Crippen LogP contribution in [0.4, 0.5) is 22.0 Å². The van der Waals surface area contributed by atoms with Crippen molar-refractivity contribution in [3.05, 3.63) is 17.4 Å². The summed E-state index contributed by atoms with van der Waals surface area (Å²) in [6.07, 6.45) is -2.36. The molecule has 0 bridgehead atoms. The van der Waals surface area contributed by atoms with E-state index in [1.54, 1.807) is 0 Å². The van der Waals surface area contributed by atoms with E-state index in [2.05, 4.69) is 15.0 Å². The Balaban J connectivity index is 2.05. The van der Waals surface area contributed by atoms with Crippen LogP contribution in [0.25, 0.3) is 0 Å². The van der Waals surface area contributed by atoms with Gasteiger partial charge in [0.25, 0.3) is 5.88 Å². The third-order valence-electron chi connectivity index (χ3n) is 4.17. The lowest BCUT2D eigenvalue weighted by Gasteiger charge is -2.19. The summed E-state index contributed by atoms with van der Waals surface area (Å²) in [6, 6.07) is 0.605. The SMILES string of the molecule is COc1nc(OCC(F)(F)C(F)F)c(F)cc1CNC(=O)[C@@H]1CCCN1C. The maximum atomic E-state index is 14.0. The van der Waals surface area contributed by atoms with E-state index in [1.807, 2.05) is 11.9 Å². The number of nitrogens with zero attached hydrogens (tertiary/aromatic N) is 2. The lowest BCUT2D eigenvalue weighted by molar-refractivity contribution is -0.149. The molecule has 1 N–H and O–H groups in total. The number of amides is 1. The largest absolute Gasteiger partial charge is 0.481 e. The molecule has 0 radical (unpaired) electrons. The van der Waals surface area contributed by atoms with E-state index in [0.29, 0.717) is 6.42 Å². The van der Waals surface area contributed by atoms with E-state index in [9.17, 15) is 26.7 Å². The first-order chi connectivity index (χ1) is 12.7. The van der Waals surface area contributed by atoms with Crippen LogP contribution in [0, 0.1) is 5.82 Å². The van der Waals surface area contributed by atoms with Crippen molar-refractivity contribution in [3.8, 4) is 11.8 Å². The van der Waals surface area contributed by atoms with E-state index in [4.69, 9.17) is 4.74 Å². The van der Waals surface area contributed by atoms with Crippen LogP contribution in [0.15, 0.2) is 6.07 Å². The number of hydrogen-bond donors (Lipinski definition) is 1. The smallest absolute Gasteiger partial charge is 0.340 e. The summed E-state index contributed by atoms with van der Waals surface area (Å²) in [4.78, 5) is 17.6. The maximum absolute atomic E-state index is 14.0. The highest BCUT2D eigenvalue weighted by Gasteiger charge is 2.42. The zero-order chi connectivity index (χ0) is 20.2. The minimum Gasteiger partial charge on any atom is -0.481 e. The molecule has 0 aromatic carbocycles. The van der Waals surface area contributed by atoms with Crippen molar-refractivity contribution in [1.82, 2.24) is 15.2 Å². The molecule has 0 aliphatic carbocycles. The van der Waals surface area contributed by atoms with E-state index in [1.165, 1.54) is 7.11 Å². The first-order valence-corrected chi connectivity index (χ1v) is 8.16. The molecule has 0 spiro atoms. The molecule has 0 saturated carbocycles. The third-order valence-corrected chi connectivity index (χ3v) is 4.17. The fourth-order valence-corrected chi connectivity index (χ4v) is 2.67. The molecule has 1 saturated heterocycles. The molecule has 1 aliphatic heterocycles. The Bertz CT molecular complexity index is 675. The number of rotatable bonds is 8. The zero-order valence-electron chi connectivity index (χ0n) is 14.8. The number of hydrogen-bond acceptors (Lipinski definition) is 5. The van der Waals surface area contributed by atoms with Crippen LogP contribution in [0.2, 0.25) is 0 Å². The van der Waals surface area contributed by atoms with Crippen molar-refractivity contribution < 1.29 is 36.2 Å². The minimum absolute atomic E-state index is 0.107. The minimum atomic E-state index is -4.44. The summed E-state index contributed by atoms with van der Waals surface area (Å²) < 4.78 is 73.5. The topological polar surface area (TPSA) is 63.7 Å². The highest BCUT2D eigenvalue weighted by Crippen LogP contribution is 2.27. The van der Waals surface area contributed by atoms with Gasteiger partial charge in [-0.2, -0.15) is 13.8 Å². The Morgan fingerprint density at radius 1 is 1.44 bits per heavy atom. The van der Waals surface area contributed by atoms with Crippen LogP contribution < -0.4 is 14.8 Å². The van der Waals surface area contributed by atoms with Gasteiger partial charge in [0.15, 0.2) is 12.4 Å². The molecule has 11 heteroatoms. The highest BCUT2D eigenvalue weighted by molar-refractivity contribution is 5.82. The molecule has 1 atom stereocenters. The molecule has 2 heterocycles. The van der Waals surface area contributed by atoms with Crippen LogP contribution in [0.5, 0.6) is 11.8 Å². The molecule has 1 aromatic heterocycles. The Labute approximate surface area is 152 Å². The summed E-state index contributed by atoms with van der Waals surface area (Å²) in [5.41, 5.74) is 0.150. The first-order valence-electron chi connectivity index (χ1n) is 8.16. The van der Waals surface area contributed by atoms with Gasteiger partial charge in [0.05, 0.1) is 13.2 Å². The number of likely N-dealkylation sites (N-methyl/N-ethyl adjacent to an activating group) is 1. The van der Waals surface area contributed by atoms with Gasteiger partial charge in [-0.3, -0.25) is 9.69 Å². The molecule has 1 aliphatic rings. The van der Waals surface area contributed by atoms with E-state index in [0.717, 1.165) is 19.0 Å². The molecule has 1 fully saturated rings. The molecular weight excluding hydrogens is 377 g/mol. The van der Waals surface area contributed by atoms with Gasteiger partial charge in [0.1, 0.15) is 0 Å². The predicted molar refractivity (Wildman–Crippen MR) is 84.7 cm³/mol. The summed E-state index contributed by atoms with van der Waals surface area (Å²) in [6.45, 7) is -1.04. The van der Waals surface area contributed by atoms with Crippen molar-refractivity contribution in [2.24, 2.45) is 0 Å². The standard InChI is InChI=1S/C16H20F5N3O3/c1-24-5-3-4-11(24)12(25)22-7-9-6-10(17)14(23-13(9)26-2)27-8-16(20,21)15(18)19/h6,11,15H,3-5,7-8H2,1-2H3,(H,22,25)/t11-/m0/s1. The Kier molecular flexibility index (Phi) is 6.79. The van der Waals surface area contributed by atoms with Gasteiger partial charge >= 0.3 is 12.3 Å². The van der Waals surface area contributed by atoms with Crippen molar-refractivity contribution in [2.75, 3.05) is 27.3 Å². The number of alkyl halides is 4. The summed E-state index contributed by atoms with van der Waals surface area (Å²) in [7, 11) is 3.02. The molecule has 0 unspecified atom stereocenters. The number of ether oxygens (including phenoxy) is 2. The Morgan fingerprint density at radius 3 is 2.70 bits per heavy atom. The first kappa shape index (κ1) is 21.1. The summed E-state index contributed by atoms with van der Waals surface area (Å²) in [5.74, 6) is -6.89. The number of pyridine rings is 1. The highest BCUT2D eigenvalue weighted by atomic mass is 19.3. The van der Waals surface area contributed by atoms with Crippen LogP contribution in [0.1, 0.15) is 18.4 Å². The lowest BCUT2D eigenvalue weighted by atomic mass is 10.2. The number of methoxy groups -OCH3 is 1. The molecule has 6 nitrogen and oxygen atoms in total. The van der Waals surface area contributed by atoms with E-state index in [-0.39, 0.29) is 29.9 Å². The van der Waals surface area contributed by atoms with Crippen molar-refractivity contribution in [3.63, 3.8) is 0 Å². The summed E-state index contributed by atoms with van der Waals surface area (Å²) in [5, 5.41) is 2.64. The van der Waals surface area contributed by atoms with Gasteiger partial charge in [-0.15, -0.1) is 0 Å². The van der Waals surface area contributed by atoms with Crippen molar-refractivity contribution in [2.45, 2.75) is 37.8 Å². The fraction of sp³-hybridized carbons (Fsp3) is 0.625. The second kappa shape index (κ2) is 8.68. The van der Waals surface area contributed by atoms with Crippen LogP contribution in [-0.4, -0.2) is 61.5 Å². The number of nitrogens with one attached hydrogen (secondary N) is 1. The Hall–Kier alpha value is -2.17. The molecule has 152 valence electrons. The van der Waals surface area contributed by atoms with E-state index >= 15 is 0 Å². The number of carbonyl (C=O) groups is 1. The number of likely N-dealkylation sites (tertiary alicyclic amines) is 1. The van der Waals surface area contributed by atoms with Gasteiger partial charge in [0.2, 0.25) is 11.8 Å². The van der Waals surface area contributed by atoms with E-state index < -0.39 is 30.7 Å². The second-order valence-electron chi connectivity index (χ2n) is 6.15. The molecule has 1 amide bonds. The molecule has 2 rings (SSSR count). The van der Waals surface area contributed by atoms with Crippen LogP contribution >= 0.6 is 0 Å². The van der Waals surface area contributed by atoms with Crippen LogP contribution in [-0.2, 0) is 11.3 Å². The van der Waals surface area contributed by atoms with Gasteiger partial charge in [0, 0.05) is 12.1 Å². The average molecular weight is 397 g/mol. The van der Waals surface area contributed by atoms with Gasteiger partial charge in [-0.25, -0.2) is 13.2 Å². The molecule has 27 heavy (non-hydrogen) atoms. The number of halogens is 5. The quantitative estimate of drug-likeness (QED) is 0.682. The van der Waals surface area contributed by atoms with Gasteiger partial charge < -0.3 is 14.8 Å². The predicted octanol–water partition coefficient (Wildman–Crippen LogP) is 2.22. The zero-order valence-corrected chi connectivity index (χ0v) is 14.8. The fourth-order valence-electron chi connectivity index (χ4n) is 2.67. The van der Waals surface area contributed by atoms with Crippen LogP contribution in [0.3, 0.4) is 0 Å². The van der Waals surface area contributed by atoms with Crippen molar-refractivity contribution >= 4 is 5.91 Å². The number of aromatic nitrogens is 1. The molecule has 1 aromatic rings. The maximum Gasteiger partial charge on any atom is 0.340 e. The Morgan fingerprint density at radius 2 is 2.15 bits per heavy atom. The third kappa shape index (κ3) is 5.18. The monoisotopic (exact) mass is 397 g/mol. The second-order valence-corrected chi connectivity index (χ2v) is 6.15. The van der Waals surface area contributed by atoms with Crippen molar-refractivity contribution in [1.29, 1.82) is 0 Å². The lowest BCUT2D eigenvalue weighted by Crippen LogP contribution is -2.41. The number of carbonyl (C=O) groups excluding carboxylic acids is 1. The summed E-state index contributed by atoms with van der Waals surface area (Å²) >= 11 is 0. The molecular formula is C16H20F5N3O3.